The van der Waals surface area contributed by atoms with Crippen molar-refractivity contribution in [1.29, 1.82) is 0 Å². The lowest BCUT2D eigenvalue weighted by Crippen LogP contribution is -2.30. The van der Waals surface area contributed by atoms with Gasteiger partial charge in [-0.25, -0.2) is 4.63 Å². The molecule has 3 rings (SSSR count). The van der Waals surface area contributed by atoms with Crippen molar-refractivity contribution in [2.75, 3.05) is 13.1 Å². The Morgan fingerprint density at radius 2 is 2.11 bits per heavy atom. The minimum absolute atomic E-state index is 0.614. The average Bonchev–Trinajstić information content (AvgIpc) is 3.00. The van der Waals surface area contributed by atoms with Gasteiger partial charge in [-0.05, 0) is 18.9 Å². The Bertz CT molecular complexity index is 555. The minimum atomic E-state index is -0.758. The fourth-order valence-corrected chi connectivity index (χ4v) is 2.59. The number of hydrogen-bond acceptors (Lipinski definition) is 5. The molecule has 2 heterocycles. The normalized spacial score (nSPS) is 23.9. The first-order valence-electron chi connectivity index (χ1n) is 6.46. The van der Waals surface area contributed by atoms with Crippen LogP contribution in [0.4, 0.5) is 0 Å². The van der Waals surface area contributed by atoms with Crippen LogP contribution in [0.15, 0.2) is 35.0 Å². The van der Waals surface area contributed by atoms with Crippen molar-refractivity contribution in [3.8, 4) is 0 Å². The third kappa shape index (κ3) is 2.39. The van der Waals surface area contributed by atoms with Gasteiger partial charge in [0.1, 0.15) is 17.0 Å². The first-order chi connectivity index (χ1) is 9.17. The molecule has 1 aromatic heterocycles. The maximum atomic E-state index is 10.7. The Hall–Kier alpha value is -1.72. The zero-order valence-electron chi connectivity index (χ0n) is 10.9. The van der Waals surface area contributed by atoms with Crippen LogP contribution < -0.4 is 0 Å². The van der Waals surface area contributed by atoms with Gasteiger partial charge in [0, 0.05) is 19.6 Å². The van der Waals surface area contributed by atoms with E-state index in [1.807, 2.05) is 37.3 Å². The number of β-amino-alcohol motifs (C(OH)–C–C–N with tert-alkyl or cyclic N) is 1. The lowest BCUT2D eigenvalue weighted by atomic mass is 9.93. The first-order valence-corrected chi connectivity index (χ1v) is 6.46. The number of nitrogens with zero attached hydrogens (tertiary/aromatic N) is 3. The minimum Gasteiger partial charge on any atom is -0.384 e. The van der Waals surface area contributed by atoms with Gasteiger partial charge in [-0.15, -0.1) is 0 Å². The molecule has 2 aromatic rings. The van der Waals surface area contributed by atoms with Gasteiger partial charge < -0.3 is 5.11 Å². The largest absolute Gasteiger partial charge is 0.384 e. The molecule has 1 saturated heterocycles. The molecule has 100 valence electrons. The highest BCUT2D eigenvalue weighted by Crippen LogP contribution is 2.32. The SMILES string of the molecule is Cc1nonc1CN1CC[C@@](O)(c2ccccc2)C1. The highest BCUT2D eigenvalue weighted by atomic mass is 16.6. The molecule has 0 bridgehead atoms. The maximum absolute atomic E-state index is 10.7. The predicted octanol–water partition coefficient (Wildman–Crippen LogP) is 1.47. The van der Waals surface area contributed by atoms with Crippen molar-refractivity contribution >= 4 is 0 Å². The van der Waals surface area contributed by atoms with Crippen molar-refractivity contribution in [2.24, 2.45) is 0 Å². The molecule has 0 saturated carbocycles. The van der Waals surface area contributed by atoms with E-state index in [1.54, 1.807) is 0 Å². The second kappa shape index (κ2) is 4.75. The molecule has 0 amide bonds. The molecule has 0 radical (unpaired) electrons. The van der Waals surface area contributed by atoms with Crippen LogP contribution in [-0.2, 0) is 12.1 Å². The van der Waals surface area contributed by atoms with Crippen LogP contribution in [0.1, 0.15) is 23.4 Å². The smallest absolute Gasteiger partial charge is 0.122 e. The van der Waals surface area contributed by atoms with Gasteiger partial charge in [-0.1, -0.05) is 40.6 Å². The second-order valence-corrected chi connectivity index (χ2v) is 5.15. The van der Waals surface area contributed by atoms with Gasteiger partial charge in [-0.3, -0.25) is 4.90 Å². The van der Waals surface area contributed by atoms with E-state index < -0.39 is 5.60 Å². The quantitative estimate of drug-likeness (QED) is 0.904. The van der Waals surface area contributed by atoms with Gasteiger partial charge in [0.05, 0.1) is 0 Å². The number of hydrogen-bond donors (Lipinski definition) is 1. The third-order valence-electron chi connectivity index (χ3n) is 3.76. The van der Waals surface area contributed by atoms with Crippen LogP contribution in [0.2, 0.25) is 0 Å². The topological polar surface area (TPSA) is 62.4 Å². The number of likely N-dealkylation sites (tertiary alicyclic amines) is 1. The van der Waals surface area contributed by atoms with Crippen LogP contribution in [0.5, 0.6) is 0 Å². The molecular formula is C14H17N3O2. The molecule has 1 aromatic carbocycles. The molecule has 0 spiro atoms. The summed E-state index contributed by atoms with van der Waals surface area (Å²) in [6.07, 6.45) is 0.737. The summed E-state index contributed by atoms with van der Waals surface area (Å²) in [5, 5.41) is 18.4. The Morgan fingerprint density at radius 3 is 2.79 bits per heavy atom. The summed E-state index contributed by atoms with van der Waals surface area (Å²) in [6, 6.07) is 9.84. The monoisotopic (exact) mass is 259 g/mol. The van der Waals surface area contributed by atoms with E-state index in [0.717, 1.165) is 29.9 Å². The molecule has 1 atom stereocenters. The summed E-state index contributed by atoms with van der Waals surface area (Å²) >= 11 is 0. The molecular weight excluding hydrogens is 242 g/mol. The summed E-state index contributed by atoms with van der Waals surface area (Å²) in [6.45, 7) is 4.01. The molecule has 0 aliphatic carbocycles. The summed E-state index contributed by atoms with van der Waals surface area (Å²) < 4.78 is 4.70. The molecule has 19 heavy (non-hydrogen) atoms. The number of rotatable bonds is 3. The van der Waals surface area contributed by atoms with E-state index in [-0.39, 0.29) is 0 Å². The number of benzene rings is 1. The standard InChI is InChI=1S/C14H17N3O2/c1-11-13(16-19-15-11)9-17-8-7-14(18,10-17)12-5-3-2-4-6-12/h2-6,18H,7-10H2,1H3/t14-/m0/s1. The summed E-state index contributed by atoms with van der Waals surface area (Å²) in [5.74, 6) is 0. The fraction of sp³-hybridized carbons (Fsp3) is 0.429. The third-order valence-corrected chi connectivity index (χ3v) is 3.76. The molecule has 1 fully saturated rings. The average molecular weight is 259 g/mol. The second-order valence-electron chi connectivity index (χ2n) is 5.15. The van der Waals surface area contributed by atoms with Gasteiger partial charge >= 0.3 is 0 Å². The van der Waals surface area contributed by atoms with E-state index in [9.17, 15) is 5.11 Å². The van der Waals surface area contributed by atoms with E-state index in [2.05, 4.69) is 15.2 Å². The van der Waals surface area contributed by atoms with Crippen LogP contribution in [-0.4, -0.2) is 33.4 Å². The fourth-order valence-electron chi connectivity index (χ4n) is 2.59. The molecule has 5 heteroatoms. The van der Waals surface area contributed by atoms with Crippen LogP contribution in [0, 0.1) is 6.92 Å². The van der Waals surface area contributed by atoms with E-state index >= 15 is 0 Å². The van der Waals surface area contributed by atoms with Crippen molar-refractivity contribution in [1.82, 2.24) is 15.2 Å². The zero-order valence-corrected chi connectivity index (χ0v) is 10.9. The summed E-state index contributed by atoms with van der Waals surface area (Å²) in [5.41, 5.74) is 1.88. The van der Waals surface area contributed by atoms with Crippen molar-refractivity contribution in [3.63, 3.8) is 0 Å². The predicted molar refractivity (Wildman–Crippen MR) is 69.3 cm³/mol. The molecule has 1 aliphatic heterocycles. The molecule has 1 aliphatic rings. The Balaban J connectivity index is 1.72. The Kier molecular flexibility index (Phi) is 3.08. The van der Waals surface area contributed by atoms with Gasteiger partial charge in [0.15, 0.2) is 0 Å². The molecule has 1 N–H and O–H groups in total. The summed E-state index contributed by atoms with van der Waals surface area (Å²) in [7, 11) is 0. The zero-order chi connectivity index (χ0) is 13.3. The maximum Gasteiger partial charge on any atom is 0.122 e. The number of aliphatic hydroxyl groups is 1. The van der Waals surface area contributed by atoms with E-state index in [0.29, 0.717) is 13.1 Å². The van der Waals surface area contributed by atoms with Gasteiger partial charge in [0.25, 0.3) is 0 Å². The van der Waals surface area contributed by atoms with Crippen LogP contribution in [0.3, 0.4) is 0 Å². The van der Waals surface area contributed by atoms with Gasteiger partial charge in [-0.2, -0.15) is 0 Å². The Morgan fingerprint density at radius 1 is 1.32 bits per heavy atom. The summed E-state index contributed by atoms with van der Waals surface area (Å²) in [4.78, 5) is 2.18. The van der Waals surface area contributed by atoms with Crippen LogP contribution in [0.25, 0.3) is 0 Å². The van der Waals surface area contributed by atoms with Crippen LogP contribution >= 0.6 is 0 Å². The molecule has 5 nitrogen and oxygen atoms in total. The highest BCUT2D eigenvalue weighted by Gasteiger charge is 2.37. The lowest BCUT2D eigenvalue weighted by molar-refractivity contribution is 0.0450. The van der Waals surface area contributed by atoms with E-state index in [4.69, 9.17) is 4.63 Å². The highest BCUT2D eigenvalue weighted by molar-refractivity contribution is 5.24. The van der Waals surface area contributed by atoms with Crippen molar-refractivity contribution in [2.45, 2.75) is 25.5 Å². The Labute approximate surface area is 111 Å². The number of aryl methyl sites for hydroxylation is 1. The number of aromatic nitrogens is 2. The van der Waals surface area contributed by atoms with Crippen molar-refractivity contribution in [3.05, 3.63) is 47.3 Å². The van der Waals surface area contributed by atoms with Crippen molar-refractivity contribution < 1.29 is 9.74 Å². The van der Waals surface area contributed by atoms with E-state index in [1.165, 1.54) is 0 Å². The first kappa shape index (κ1) is 12.3. The lowest BCUT2D eigenvalue weighted by Gasteiger charge is -2.23. The van der Waals surface area contributed by atoms with Gasteiger partial charge in [0.2, 0.25) is 0 Å². The molecule has 0 unspecified atom stereocenters.